The Hall–Kier alpha value is 0. The average molecular weight is 324 g/mol. The Bertz CT molecular complexity index is 206. The molecule has 0 heteroatoms. The zero-order valence-corrected chi connectivity index (χ0v) is 17.0. The molecule has 0 rings (SSSR count). The molecule has 0 aliphatic rings. The molecule has 0 saturated carbocycles. The first-order valence-corrected chi connectivity index (χ1v) is 11.0. The molecule has 0 aromatic heterocycles. The van der Waals surface area contributed by atoms with Crippen LogP contribution in [0.2, 0.25) is 0 Å². The summed E-state index contributed by atoms with van der Waals surface area (Å²) in [6.45, 7) is 9.41. The van der Waals surface area contributed by atoms with E-state index in [0.717, 1.165) is 11.8 Å². The van der Waals surface area contributed by atoms with Gasteiger partial charge in [0, 0.05) is 0 Å². The Kier molecular flexibility index (Phi) is 18.3. The molecule has 0 bridgehead atoms. The quantitative estimate of drug-likeness (QED) is 0.221. The minimum atomic E-state index is 0.880. The lowest BCUT2D eigenvalue weighted by molar-refractivity contribution is 0.433. The van der Waals surface area contributed by atoms with Crippen molar-refractivity contribution >= 4 is 0 Å². The van der Waals surface area contributed by atoms with Gasteiger partial charge in [0.05, 0.1) is 0 Å². The molecule has 0 heterocycles. The van der Waals surface area contributed by atoms with Crippen molar-refractivity contribution in [1.29, 1.82) is 0 Å². The van der Waals surface area contributed by atoms with Gasteiger partial charge in [0.1, 0.15) is 0 Å². The first kappa shape index (κ1) is 23.0. The lowest BCUT2D eigenvalue weighted by Crippen LogP contribution is -1.97. The summed E-state index contributed by atoms with van der Waals surface area (Å²) >= 11 is 0. The number of hydrogen-bond donors (Lipinski definition) is 0. The van der Waals surface area contributed by atoms with Gasteiger partial charge in [-0.15, -0.1) is 0 Å². The zero-order chi connectivity index (χ0) is 17.2. The highest BCUT2D eigenvalue weighted by Gasteiger charge is 2.03. The van der Waals surface area contributed by atoms with Crippen LogP contribution in [0, 0.1) is 18.3 Å². The third kappa shape index (κ3) is 20.0. The van der Waals surface area contributed by atoms with E-state index in [1.54, 1.807) is 0 Å². The summed E-state index contributed by atoms with van der Waals surface area (Å²) in [5.41, 5.74) is 0. The molecule has 0 aliphatic heterocycles. The van der Waals surface area contributed by atoms with E-state index >= 15 is 0 Å². The maximum Gasteiger partial charge on any atom is -0.0386 e. The standard InChI is InChI=1S/C23H47/c1-5-6-7-8-9-10-11-12-13-14-15-16-17-20-23(4)21-18-19-22(2)3/h16,22-23H,5-15,17-21H2,1-4H3. The summed E-state index contributed by atoms with van der Waals surface area (Å²) in [6, 6.07) is 0. The fourth-order valence-electron chi connectivity index (χ4n) is 3.34. The maximum atomic E-state index is 2.56. The Balaban J connectivity index is 3.09. The normalized spacial score (nSPS) is 12.9. The predicted octanol–water partition coefficient (Wildman–Crippen LogP) is 8.74. The fourth-order valence-corrected chi connectivity index (χ4v) is 3.34. The SMILES string of the molecule is CCCCCCCCCCCC[CH]CCC(C)CCCC(C)C. The molecule has 0 amide bonds. The van der Waals surface area contributed by atoms with Crippen molar-refractivity contribution in [3.05, 3.63) is 6.42 Å². The molecule has 0 aromatic rings. The van der Waals surface area contributed by atoms with E-state index in [1.165, 1.54) is 103 Å². The third-order valence-corrected chi connectivity index (χ3v) is 5.10. The van der Waals surface area contributed by atoms with Crippen LogP contribution in [0.1, 0.15) is 130 Å². The topological polar surface area (TPSA) is 0 Å². The number of rotatable bonds is 18. The monoisotopic (exact) mass is 323 g/mol. The molecule has 0 nitrogen and oxygen atoms in total. The van der Waals surface area contributed by atoms with E-state index in [0.29, 0.717) is 0 Å². The van der Waals surface area contributed by atoms with Crippen LogP contribution >= 0.6 is 0 Å². The van der Waals surface area contributed by atoms with Gasteiger partial charge in [-0.1, -0.05) is 124 Å². The molecule has 0 aliphatic carbocycles. The summed E-state index contributed by atoms with van der Waals surface area (Å²) in [5, 5.41) is 0. The van der Waals surface area contributed by atoms with E-state index in [4.69, 9.17) is 0 Å². The minimum absolute atomic E-state index is 0.880. The molecule has 1 unspecified atom stereocenters. The average Bonchev–Trinajstić information content (AvgIpc) is 2.51. The van der Waals surface area contributed by atoms with Crippen LogP contribution in [0.25, 0.3) is 0 Å². The summed E-state index contributed by atoms with van der Waals surface area (Å²) in [4.78, 5) is 0. The molecular weight excluding hydrogens is 276 g/mol. The van der Waals surface area contributed by atoms with Crippen molar-refractivity contribution in [3.8, 4) is 0 Å². The van der Waals surface area contributed by atoms with Crippen molar-refractivity contribution in [1.82, 2.24) is 0 Å². The summed E-state index contributed by atoms with van der Waals surface area (Å²) < 4.78 is 0. The van der Waals surface area contributed by atoms with Crippen LogP contribution in [-0.2, 0) is 0 Å². The summed E-state index contributed by atoms with van der Waals surface area (Å²) in [7, 11) is 0. The van der Waals surface area contributed by atoms with Crippen molar-refractivity contribution in [3.63, 3.8) is 0 Å². The molecule has 23 heavy (non-hydrogen) atoms. The smallest absolute Gasteiger partial charge is 0.0386 e. The van der Waals surface area contributed by atoms with Gasteiger partial charge in [-0.25, -0.2) is 0 Å². The van der Waals surface area contributed by atoms with Crippen LogP contribution < -0.4 is 0 Å². The summed E-state index contributed by atoms with van der Waals surface area (Å²) in [5.74, 6) is 1.81. The molecule has 0 saturated heterocycles. The second-order valence-corrected chi connectivity index (χ2v) is 8.27. The van der Waals surface area contributed by atoms with Gasteiger partial charge in [0.15, 0.2) is 0 Å². The molecular formula is C23H47. The van der Waals surface area contributed by atoms with Gasteiger partial charge in [-0.3, -0.25) is 0 Å². The van der Waals surface area contributed by atoms with Gasteiger partial charge >= 0.3 is 0 Å². The van der Waals surface area contributed by atoms with Crippen LogP contribution in [-0.4, -0.2) is 0 Å². The Morgan fingerprint density at radius 1 is 0.565 bits per heavy atom. The highest BCUT2D eigenvalue weighted by molar-refractivity contribution is 4.67. The lowest BCUT2D eigenvalue weighted by Gasteiger charge is -2.12. The summed E-state index contributed by atoms with van der Waals surface area (Å²) in [6.07, 6.45) is 25.4. The third-order valence-electron chi connectivity index (χ3n) is 5.10. The second-order valence-electron chi connectivity index (χ2n) is 8.27. The fraction of sp³-hybridized carbons (Fsp3) is 0.957. The maximum absolute atomic E-state index is 2.56. The van der Waals surface area contributed by atoms with E-state index < -0.39 is 0 Å². The number of unbranched alkanes of at least 4 members (excludes halogenated alkanes) is 12. The van der Waals surface area contributed by atoms with Crippen molar-refractivity contribution < 1.29 is 0 Å². The van der Waals surface area contributed by atoms with Gasteiger partial charge in [0.2, 0.25) is 0 Å². The van der Waals surface area contributed by atoms with E-state index in [9.17, 15) is 0 Å². The molecule has 0 spiro atoms. The van der Waals surface area contributed by atoms with E-state index in [2.05, 4.69) is 34.1 Å². The Labute approximate surface area is 149 Å². The largest absolute Gasteiger partial charge is 0.0654 e. The van der Waals surface area contributed by atoms with Gasteiger partial charge < -0.3 is 0 Å². The number of hydrogen-bond acceptors (Lipinski definition) is 0. The molecule has 1 radical (unpaired) electrons. The van der Waals surface area contributed by atoms with Gasteiger partial charge in [0.25, 0.3) is 0 Å². The Morgan fingerprint density at radius 2 is 1.13 bits per heavy atom. The zero-order valence-electron chi connectivity index (χ0n) is 17.0. The van der Waals surface area contributed by atoms with E-state index in [-0.39, 0.29) is 0 Å². The van der Waals surface area contributed by atoms with Gasteiger partial charge in [-0.2, -0.15) is 0 Å². The second kappa shape index (κ2) is 18.3. The molecule has 1 atom stereocenters. The molecule has 139 valence electrons. The highest BCUT2D eigenvalue weighted by atomic mass is 14.1. The van der Waals surface area contributed by atoms with Crippen molar-refractivity contribution in [2.75, 3.05) is 0 Å². The van der Waals surface area contributed by atoms with Crippen molar-refractivity contribution in [2.45, 2.75) is 130 Å². The van der Waals surface area contributed by atoms with Crippen LogP contribution in [0.5, 0.6) is 0 Å². The highest BCUT2D eigenvalue weighted by Crippen LogP contribution is 2.18. The first-order valence-electron chi connectivity index (χ1n) is 11.0. The molecule has 0 aromatic carbocycles. The van der Waals surface area contributed by atoms with Crippen LogP contribution in [0.3, 0.4) is 0 Å². The Morgan fingerprint density at radius 3 is 1.70 bits per heavy atom. The predicted molar refractivity (Wildman–Crippen MR) is 108 cm³/mol. The van der Waals surface area contributed by atoms with Gasteiger partial charge in [-0.05, 0) is 24.7 Å². The van der Waals surface area contributed by atoms with Crippen molar-refractivity contribution in [2.24, 2.45) is 11.8 Å². The van der Waals surface area contributed by atoms with Crippen LogP contribution in [0.15, 0.2) is 0 Å². The first-order chi connectivity index (χ1) is 11.2. The molecule has 0 N–H and O–H groups in total. The molecule has 0 fully saturated rings. The van der Waals surface area contributed by atoms with Crippen LogP contribution in [0.4, 0.5) is 0 Å². The lowest BCUT2D eigenvalue weighted by atomic mass is 9.95. The van der Waals surface area contributed by atoms with E-state index in [1.807, 2.05) is 0 Å². The minimum Gasteiger partial charge on any atom is -0.0654 e.